The number of amides is 1. The number of carbonyl (C=O) groups is 1. The van der Waals surface area contributed by atoms with Crippen LogP contribution in [0, 0.1) is 0 Å². The van der Waals surface area contributed by atoms with Gasteiger partial charge in [-0.1, -0.05) is 13.0 Å². The van der Waals surface area contributed by atoms with Crippen LogP contribution in [0.2, 0.25) is 0 Å². The second-order valence-electron chi connectivity index (χ2n) is 5.21. The number of halogens is 3. The summed E-state index contributed by atoms with van der Waals surface area (Å²) in [6.07, 6.45) is -4.67. The third kappa shape index (κ3) is 4.25. The van der Waals surface area contributed by atoms with Crippen molar-refractivity contribution < 1.29 is 31.1 Å². The summed E-state index contributed by atoms with van der Waals surface area (Å²) in [6.45, 7) is 3.26. The fourth-order valence-corrected chi connectivity index (χ4v) is 3.42. The molecule has 6 nitrogen and oxygen atoms in total. The average Bonchev–Trinajstić information content (AvgIpc) is 2.53. The van der Waals surface area contributed by atoms with Crippen LogP contribution < -0.4 is 4.72 Å². The van der Waals surface area contributed by atoms with Crippen molar-refractivity contribution in [2.24, 2.45) is 0 Å². The van der Waals surface area contributed by atoms with Gasteiger partial charge in [0.2, 0.25) is 0 Å². The highest BCUT2D eigenvalue weighted by Gasteiger charge is 2.34. The summed E-state index contributed by atoms with van der Waals surface area (Å²) in [5.41, 5.74) is -1.10. The van der Waals surface area contributed by atoms with Crippen molar-refractivity contribution in [1.29, 1.82) is 0 Å². The topological polar surface area (TPSA) is 75.7 Å². The summed E-state index contributed by atoms with van der Waals surface area (Å²) in [5.74, 6) is -0.825. The summed E-state index contributed by atoms with van der Waals surface area (Å²) in [5, 5.41) is 0. The zero-order chi connectivity index (χ0) is 18.0. The molecule has 1 aromatic carbocycles. The van der Waals surface area contributed by atoms with E-state index in [2.05, 4.69) is 0 Å². The van der Waals surface area contributed by atoms with Gasteiger partial charge in [-0.25, -0.2) is 13.1 Å². The minimum absolute atomic E-state index is 0.0256. The lowest BCUT2D eigenvalue weighted by Gasteiger charge is -2.33. The first-order chi connectivity index (χ1) is 11.1. The van der Waals surface area contributed by atoms with Gasteiger partial charge in [-0.3, -0.25) is 9.69 Å². The molecule has 1 unspecified atom stereocenters. The summed E-state index contributed by atoms with van der Waals surface area (Å²) in [4.78, 5) is 13.3. The summed E-state index contributed by atoms with van der Waals surface area (Å²) >= 11 is 0. The number of hydrogen-bond donors (Lipinski definition) is 1. The van der Waals surface area contributed by atoms with Crippen LogP contribution in [0.25, 0.3) is 0 Å². The van der Waals surface area contributed by atoms with Gasteiger partial charge < -0.3 is 4.74 Å². The Morgan fingerprint density at radius 2 is 2.12 bits per heavy atom. The molecule has 134 valence electrons. The number of nitrogens with zero attached hydrogens (tertiary/aromatic N) is 1. The van der Waals surface area contributed by atoms with E-state index in [4.69, 9.17) is 4.74 Å². The van der Waals surface area contributed by atoms with Crippen LogP contribution in [0.15, 0.2) is 29.2 Å². The quantitative estimate of drug-likeness (QED) is 0.868. The molecule has 1 N–H and O–H groups in total. The van der Waals surface area contributed by atoms with Crippen molar-refractivity contribution in [3.8, 4) is 0 Å². The van der Waals surface area contributed by atoms with Gasteiger partial charge in [-0.2, -0.15) is 13.2 Å². The van der Waals surface area contributed by atoms with Crippen molar-refractivity contribution in [2.75, 3.05) is 26.3 Å². The number of sulfonamides is 1. The number of likely N-dealkylation sites (N-methyl/N-ethyl adjacent to an activating group) is 1. The maximum absolute atomic E-state index is 12.7. The average molecular weight is 366 g/mol. The maximum Gasteiger partial charge on any atom is 0.416 e. The molecular formula is C14H17F3N2O4S. The van der Waals surface area contributed by atoms with Crippen LogP contribution in [0.3, 0.4) is 0 Å². The highest BCUT2D eigenvalue weighted by atomic mass is 32.2. The Kier molecular flexibility index (Phi) is 5.51. The number of benzene rings is 1. The van der Waals surface area contributed by atoms with E-state index in [1.165, 1.54) is 0 Å². The summed E-state index contributed by atoms with van der Waals surface area (Å²) in [7, 11) is -4.41. The van der Waals surface area contributed by atoms with Crippen molar-refractivity contribution in [3.63, 3.8) is 0 Å². The standard InChI is InChI=1S/C14H17F3N2O4S/c1-2-19-6-7-23-9-12(19)13(20)18-24(21,22)11-5-3-4-10(8-11)14(15,16)17/h3-5,8,12H,2,6-7,9H2,1H3,(H,18,20). The highest BCUT2D eigenvalue weighted by Crippen LogP contribution is 2.30. The van der Waals surface area contributed by atoms with Gasteiger partial charge in [-0.15, -0.1) is 0 Å². The maximum atomic E-state index is 12.7. The minimum atomic E-state index is -4.67. The Balaban J connectivity index is 2.20. The molecule has 1 heterocycles. The smallest absolute Gasteiger partial charge is 0.378 e. The van der Waals surface area contributed by atoms with Gasteiger partial charge in [0.25, 0.3) is 15.9 Å². The molecule has 0 spiro atoms. The van der Waals surface area contributed by atoms with Crippen molar-refractivity contribution in [2.45, 2.75) is 24.0 Å². The summed E-state index contributed by atoms with van der Waals surface area (Å²) in [6, 6.07) is 2.42. The third-order valence-electron chi connectivity index (χ3n) is 3.65. The number of carbonyl (C=O) groups excluding carboxylic acids is 1. The summed E-state index contributed by atoms with van der Waals surface area (Å²) < 4.78 is 69.5. The molecule has 1 saturated heterocycles. The zero-order valence-electron chi connectivity index (χ0n) is 12.8. The predicted octanol–water partition coefficient (Wildman–Crippen LogP) is 1.23. The molecule has 24 heavy (non-hydrogen) atoms. The Hall–Kier alpha value is -1.65. The monoisotopic (exact) mass is 366 g/mol. The number of morpholine rings is 1. The molecule has 0 bridgehead atoms. The molecule has 10 heteroatoms. The number of ether oxygens (including phenoxy) is 1. The first-order valence-corrected chi connectivity index (χ1v) is 8.69. The van der Waals surface area contributed by atoms with Gasteiger partial charge >= 0.3 is 6.18 Å². The first-order valence-electron chi connectivity index (χ1n) is 7.21. The lowest BCUT2D eigenvalue weighted by molar-refractivity contribution is -0.137. The van der Waals surface area contributed by atoms with Crippen LogP contribution in [0.5, 0.6) is 0 Å². The fraction of sp³-hybridized carbons (Fsp3) is 0.500. The van der Waals surface area contributed by atoms with Crippen molar-refractivity contribution >= 4 is 15.9 Å². The molecule has 1 aliphatic heterocycles. The van der Waals surface area contributed by atoms with E-state index in [0.717, 1.165) is 18.2 Å². The molecule has 1 aliphatic rings. The lowest BCUT2D eigenvalue weighted by atomic mass is 10.2. The molecule has 0 radical (unpaired) electrons. The van der Waals surface area contributed by atoms with E-state index in [1.807, 2.05) is 11.6 Å². The molecular weight excluding hydrogens is 349 g/mol. The van der Waals surface area contributed by atoms with Gasteiger partial charge in [0.15, 0.2) is 0 Å². The molecule has 2 rings (SSSR count). The van der Waals surface area contributed by atoms with Crippen LogP contribution in [0.1, 0.15) is 12.5 Å². The number of hydrogen-bond acceptors (Lipinski definition) is 5. The van der Waals surface area contributed by atoms with Gasteiger partial charge in [-0.05, 0) is 24.7 Å². The molecule has 1 amide bonds. The Labute approximate surface area is 137 Å². The van der Waals surface area contributed by atoms with E-state index >= 15 is 0 Å². The van der Waals surface area contributed by atoms with Gasteiger partial charge in [0, 0.05) is 6.54 Å². The van der Waals surface area contributed by atoms with E-state index in [-0.39, 0.29) is 6.61 Å². The van der Waals surface area contributed by atoms with Crippen LogP contribution in [-0.2, 0) is 25.7 Å². The zero-order valence-corrected chi connectivity index (χ0v) is 13.7. The van der Waals surface area contributed by atoms with E-state index < -0.39 is 38.6 Å². The highest BCUT2D eigenvalue weighted by molar-refractivity contribution is 7.90. The lowest BCUT2D eigenvalue weighted by Crippen LogP contribution is -2.54. The SMILES string of the molecule is CCN1CCOCC1C(=O)NS(=O)(=O)c1cccc(C(F)(F)F)c1. The largest absolute Gasteiger partial charge is 0.416 e. The van der Waals surface area contributed by atoms with Crippen molar-refractivity contribution in [1.82, 2.24) is 9.62 Å². The molecule has 1 aromatic rings. The van der Waals surface area contributed by atoms with Crippen LogP contribution in [-0.4, -0.2) is 51.6 Å². The number of rotatable bonds is 4. The molecule has 1 fully saturated rings. The molecule has 0 aromatic heterocycles. The van der Waals surface area contributed by atoms with E-state index in [0.29, 0.717) is 25.8 Å². The van der Waals surface area contributed by atoms with Crippen LogP contribution >= 0.6 is 0 Å². The molecule has 0 saturated carbocycles. The predicted molar refractivity (Wildman–Crippen MR) is 78.6 cm³/mol. The second kappa shape index (κ2) is 7.08. The Morgan fingerprint density at radius 3 is 2.75 bits per heavy atom. The Morgan fingerprint density at radius 1 is 1.42 bits per heavy atom. The van der Waals surface area contributed by atoms with Gasteiger partial charge in [0.05, 0.1) is 23.7 Å². The fourth-order valence-electron chi connectivity index (χ4n) is 2.36. The van der Waals surface area contributed by atoms with Crippen molar-refractivity contribution in [3.05, 3.63) is 29.8 Å². The third-order valence-corrected chi connectivity index (χ3v) is 5.00. The van der Waals surface area contributed by atoms with E-state index in [1.54, 1.807) is 4.90 Å². The van der Waals surface area contributed by atoms with E-state index in [9.17, 15) is 26.4 Å². The van der Waals surface area contributed by atoms with Gasteiger partial charge in [0.1, 0.15) is 6.04 Å². The number of alkyl halides is 3. The van der Waals surface area contributed by atoms with Crippen LogP contribution in [0.4, 0.5) is 13.2 Å². The molecule has 0 aliphatic carbocycles. The Bertz CT molecular complexity index is 706. The second-order valence-corrected chi connectivity index (χ2v) is 6.90. The normalized spacial score (nSPS) is 19.9. The minimum Gasteiger partial charge on any atom is -0.378 e. The number of nitrogens with one attached hydrogen (secondary N) is 1. The molecule has 1 atom stereocenters. The first kappa shape index (κ1) is 18.7.